The Hall–Kier alpha value is -2.48. The van der Waals surface area contributed by atoms with Crippen LogP contribution in [0.5, 0.6) is 0 Å². The first-order valence-electron chi connectivity index (χ1n) is 7.81. The Balaban J connectivity index is 1.45. The number of likely N-dealkylation sites (tertiary alicyclic amines) is 1. The van der Waals surface area contributed by atoms with E-state index in [0.29, 0.717) is 30.1 Å². The predicted octanol–water partition coefficient (Wildman–Crippen LogP) is 1.98. The van der Waals surface area contributed by atoms with Crippen molar-refractivity contribution in [3.05, 3.63) is 36.9 Å². The summed E-state index contributed by atoms with van der Waals surface area (Å²) in [5.74, 6) is 1.64. The van der Waals surface area contributed by atoms with E-state index in [4.69, 9.17) is 8.83 Å². The van der Waals surface area contributed by atoms with E-state index < -0.39 is 0 Å². The topological polar surface area (TPSA) is 86.0 Å². The molecule has 0 amide bonds. The van der Waals surface area contributed by atoms with Gasteiger partial charge in [0.2, 0.25) is 5.89 Å². The van der Waals surface area contributed by atoms with Gasteiger partial charge >= 0.3 is 0 Å². The van der Waals surface area contributed by atoms with Gasteiger partial charge in [0.25, 0.3) is 5.89 Å². The van der Waals surface area contributed by atoms with Gasteiger partial charge in [-0.25, -0.2) is 4.98 Å². The summed E-state index contributed by atoms with van der Waals surface area (Å²) in [6, 6.07) is 4.02. The minimum atomic E-state index is 0.407. The average Bonchev–Trinajstić information content (AvgIpc) is 3.31. The summed E-state index contributed by atoms with van der Waals surface area (Å²) < 4.78 is 12.9. The van der Waals surface area contributed by atoms with Gasteiger partial charge in [0.15, 0.2) is 5.76 Å². The van der Waals surface area contributed by atoms with Crippen molar-refractivity contribution < 1.29 is 8.83 Å². The summed E-state index contributed by atoms with van der Waals surface area (Å²) >= 11 is 0. The van der Waals surface area contributed by atoms with Crippen molar-refractivity contribution in [2.75, 3.05) is 6.54 Å². The number of hydrogen-bond donors (Lipinski definition) is 0. The Kier molecular flexibility index (Phi) is 3.89. The largest absolute Gasteiger partial charge is 0.459 e. The number of nitrogens with zero attached hydrogens (tertiary/aromatic N) is 6. The highest BCUT2D eigenvalue weighted by atomic mass is 16.4. The van der Waals surface area contributed by atoms with Crippen molar-refractivity contribution in [1.29, 1.82) is 0 Å². The molecule has 1 aliphatic heterocycles. The van der Waals surface area contributed by atoms with E-state index >= 15 is 0 Å². The maximum Gasteiger partial charge on any atom is 0.283 e. The average molecular weight is 314 g/mol. The lowest BCUT2D eigenvalue weighted by Crippen LogP contribution is -2.41. The number of furan rings is 1. The number of rotatable bonds is 5. The van der Waals surface area contributed by atoms with E-state index in [1.165, 1.54) is 12.8 Å². The molecule has 0 aromatic carbocycles. The van der Waals surface area contributed by atoms with Crippen LogP contribution in [0.1, 0.15) is 25.2 Å². The quantitative estimate of drug-likeness (QED) is 0.711. The molecule has 0 spiro atoms. The third-order valence-corrected chi connectivity index (χ3v) is 4.15. The van der Waals surface area contributed by atoms with Crippen molar-refractivity contribution in [2.24, 2.45) is 0 Å². The lowest BCUT2D eigenvalue weighted by molar-refractivity contribution is 0.111. The molecule has 23 heavy (non-hydrogen) atoms. The zero-order valence-electron chi connectivity index (χ0n) is 12.7. The van der Waals surface area contributed by atoms with Crippen LogP contribution in [0.2, 0.25) is 0 Å². The van der Waals surface area contributed by atoms with Crippen LogP contribution in [0.25, 0.3) is 11.7 Å². The van der Waals surface area contributed by atoms with Crippen LogP contribution in [0.4, 0.5) is 0 Å². The molecule has 1 fully saturated rings. The van der Waals surface area contributed by atoms with E-state index in [1.54, 1.807) is 25.0 Å². The Morgan fingerprint density at radius 1 is 1.26 bits per heavy atom. The van der Waals surface area contributed by atoms with E-state index in [-0.39, 0.29) is 0 Å². The fourth-order valence-electron chi connectivity index (χ4n) is 3.01. The Bertz CT molecular complexity index is 721. The van der Waals surface area contributed by atoms with Crippen molar-refractivity contribution in [3.63, 3.8) is 0 Å². The summed E-state index contributed by atoms with van der Waals surface area (Å²) in [4.78, 5) is 6.39. The molecule has 1 aliphatic rings. The van der Waals surface area contributed by atoms with Crippen LogP contribution in [-0.2, 0) is 13.1 Å². The fourth-order valence-corrected chi connectivity index (χ4v) is 3.01. The standard InChI is InChI=1S/C15H18N6O2/c1-2-6-20(12(4-1)8-21-11-16-10-17-21)9-14-18-19-15(23-14)13-5-3-7-22-13/h3,5,7,10-12H,1-2,4,6,8-9H2/t12-/m0/s1. The molecule has 3 aromatic heterocycles. The van der Waals surface area contributed by atoms with Crippen molar-refractivity contribution >= 4 is 0 Å². The van der Waals surface area contributed by atoms with Gasteiger partial charge in [-0.05, 0) is 31.5 Å². The maximum atomic E-state index is 5.72. The molecule has 0 saturated carbocycles. The third kappa shape index (κ3) is 3.16. The first kappa shape index (κ1) is 14.1. The van der Waals surface area contributed by atoms with Gasteiger partial charge in [-0.1, -0.05) is 6.42 Å². The lowest BCUT2D eigenvalue weighted by Gasteiger charge is -2.34. The molecule has 0 unspecified atom stereocenters. The molecule has 8 nitrogen and oxygen atoms in total. The summed E-state index contributed by atoms with van der Waals surface area (Å²) in [6.45, 7) is 2.50. The van der Waals surface area contributed by atoms with E-state index in [9.17, 15) is 0 Å². The second kappa shape index (κ2) is 6.33. The highest BCUT2D eigenvalue weighted by Gasteiger charge is 2.25. The van der Waals surface area contributed by atoms with Gasteiger partial charge in [0.1, 0.15) is 12.7 Å². The Morgan fingerprint density at radius 3 is 3.09 bits per heavy atom. The molecule has 120 valence electrons. The smallest absolute Gasteiger partial charge is 0.283 e. The zero-order valence-corrected chi connectivity index (χ0v) is 12.7. The predicted molar refractivity (Wildman–Crippen MR) is 80.1 cm³/mol. The molecule has 4 rings (SSSR count). The van der Waals surface area contributed by atoms with E-state index in [2.05, 4.69) is 25.2 Å². The lowest BCUT2D eigenvalue weighted by atomic mass is 10.0. The summed E-state index contributed by atoms with van der Waals surface area (Å²) in [5, 5.41) is 12.4. The highest BCUT2D eigenvalue weighted by Crippen LogP contribution is 2.22. The fraction of sp³-hybridized carbons (Fsp3) is 0.467. The van der Waals surface area contributed by atoms with Crippen LogP contribution >= 0.6 is 0 Å². The minimum Gasteiger partial charge on any atom is -0.459 e. The van der Waals surface area contributed by atoms with Crippen LogP contribution in [0, 0.1) is 0 Å². The molecule has 8 heteroatoms. The van der Waals surface area contributed by atoms with Gasteiger partial charge < -0.3 is 8.83 Å². The van der Waals surface area contributed by atoms with Crippen LogP contribution in [-0.4, -0.2) is 42.4 Å². The third-order valence-electron chi connectivity index (χ3n) is 4.15. The summed E-state index contributed by atoms with van der Waals surface area (Å²) in [6.07, 6.45) is 8.48. The monoisotopic (exact) mass is 314 g/mol. The van der Waals surface area contributed by atoms with Gasteiger partial charge in [-0.3, -0.25) is 9.58 Å². The number of aromatic nitrogens is 5. The molecule has 0 radical (unpaired) electrons. The van der Waals surface area contributed by atoms with Crippen molar-refractivity contribution in [3.8, 4) is 11.7 Å². The SMILES string of the molecule is c1coc(-c2nnc(CN3CCCC[C@H]3Cn3cncn3)o2)c1. The molecular weight excluding hydrogens is 296 g/mol. The van der Waals surface area contributed by atoms with Crippen LogP contribution in [0.15, 0.2) is 39.9 Å². The second-order valence-corrected chi connectivity index (χ2v) is 5.72. The van der Waals surface area contributed by atoms with E-state index in [0.717, 1.165) is 19.5 Å². The minimum absolute atomic E-state index is 0.407. The van der Waals surface area contributed by atoms with Crippen molar-refractivity contribution in [1.82, 2.24) is 29.9 Å². The first-order chi connectivity index (χ1) is 11.4. The molecule has 3 aromatic rings. The second-order valence-electron chi connectivity index (χ2n) is 5.72. The summed E-state index contributed by atoms with van der Waals surface area (Å²) in [7, 11) is 0. The van der Waals surface area contributed by atoms with Gasteiger partial charge in [0.05, 0.1) is 19.4 Å². The molecule has 1 saturated heterocycles. The van der Waals surface area contributed by atoms with Gasteiger partial charge in [-0.15, -0.1) is 10.2 Å². The maximum absolute atomic E-state index is 5.72. The Morgan fingerprint density at radius 2 is 2.26 bits per heavy atom. The zero-order chi connectivity index (χ0) is 15.5. The van der Waals surface area contributed by atoms with Gasteiger partial charge in [-0.2, -0.15) is 5.10 Å². The first-order valence-corrected chi connectivity index (χ1v) is 7.81. The van der Waals surface area contributed by atoms with Crippen LogP contribution < -0.4 is 0 Å². The molecule has 0 bridgehead atoms. The number of piperidine rings is 1. The molecule has 4 heterocycles. The molecule has 0 N–H and O–H groups in total. The normalized spacial score (nSPS) is 19.2. The number of hydrogen-bond acceptors (Lipinski definition) is 7. The highest BCUT2D eigenvalue weighted by molar-refractivity contribution is 5.42. The van der Waals surface area contributed by atoms with E-state index in [1.807, 2.05) is 10.7 Å². The van der Waals surface area contributed by atoms with Crippen molar-refractivity contribution in [2.45, 2.75) is 38.4 Å². The molecule has 0 aliphatic carbocycles. The Labute approximate surface area is 133 Å². The van der Waals surface area contributed by atoms with Crippen LogP contribution in [0.3, 0.4) is 0 Å². The molecule has 1 atom stereocenters. The summed E-state index contributed by atoms with van der Waals surface area (Å²) in [5.41, 5.74) is 0. The molecular formula is C15H18N6O2. The van der Waals surface area contributed by atoms with Gasteiger partial charge in [0, 0.05) is 6.04 Å².